The van der Waals surface area contributed by atoms with E-state index in [0.717, 1.165) is 42.4 Å². The van der Waals surface area contributed by atoms with E-state index in [1.165, 1.54) is 11.8 Å². The summed E-state index contributed by atoms with van der Waals surface area (Å²) in [4.78, 5) is 3.98. The van der Waals surface area contributed by atoms with E-state index in [4.69, 9.17) is 23.2 Å². The zero-order valence-electron chi connectivity index (χ0n) is 16.9. The predicted octanol–water partition coefficient (Wildman–Crippen LogP) is 7.84. The minimum atomic E-state index is -0.496. The van der Waals surface area contributed by atoms with Crippen LogP contribution in [0.1, 0.15) is 11.5 Å². The lowest BCUT2D eigenvalue weighted by molar-refractivity contribution is 0.940. The van der Waals surface area contributed by atoms with Gasteiger partial charge >= 0.3 is 0 Å². The zero-order chi connectivity index (χ0) is 22.7. The molecule has 0 fully saturated rings. The third-order valence-corrected chi connectivity index (χ3v) is 8.61. The number of para-hydroxylation sites is 2. The highest BCUT2D eigenvalue weighted by molar-refractivity contribution is 8.04. The smallest absolute Gasteiger partial charge is 0.137 e. The van der Waals surface area contributed by atoms with Crippen LogP contribution < -0.4 is 10.2 Å². The Bertz CT molecular complexity index is 1440. The number of benzene rings is 3. The number of rotatable bonds is 1. The lowest BCUT2D eigenvalue weighted by Gasteiger charge is -2.35. The largest absolute Gasteiger partial charge is 0.349 e. The standard InChI is InChI=1S/C25H14Cl2N4S2/c26-13-9-10-14(16(27)11-13)21-15(12-28)25-31(18-6-2-4-8-20(18)33-25)23(29)22(21)24-30-17-5-1-3-7-19(17)32-24/h1-11,21,29-30H/b24-22-,29-23?. The first kappa shape index (κ1) is 20.8. The van der Waals surface area contributed by atoms with Crippen molar-refractivity contribution in [3.8, 4) is 6.07 Å². The number of nitrogens with one attached hydrogen (secondary N) is 2. The van der Waals surface area contributed by atoms with Crippen LogP contribution in [-0.2, 0) is 0 Å². The van der Waals surface area contributed by atoms with Crippen molar-refractivity contribution >= 4 is 63.9 Å². The number of hydrogen-bond acceptors (Lipinski definition) is 5. The maximum absolute atomic E-state index is 10.4. The molecule has 33 heavy (non-hydrogen) atoms. The molecule has 3 aliphatic heterocycles. The van der Waals surface area contributed by atoms with Crippen molar-refractivity contribution < 1.29 is 0 Å². The van der Waals surface area contributed by atoms with Gasteiger partial charge in [0.05, 0.1) is 34.0 Å². The Labute approximate surface area is 209 Å². The number of halogens is 2. The summed E-state index contributed by atoms with van der Waals surface area (Å²) < 4.78 is 0. The minimum absolute atomic E-state index is 0.334. The van der Waals surface area contributed by atoms with E-state index in [1.54, 1.807) is 23.9 Å². The predicted molar refractivity (Wildman–Crippen MR) is 137 cm³/mol. The molecule has 2 N–H and O–H groups in total. The maximum Gasteiger partial charge on any atom is 0.137 e. The summed E-state index contributed by atoms with van der Waals surface area (Å²) in [7, 11) is 0. The maximum atomic E-state index is 10.4. The monoisotopic (exact) mass is 504 g/mol. The second-order valence-electron chi connectivity index (χ2n) is 7.65. The number of thioether (sulfide) groups is 2. The Morgan fingerprint density at radius 1 is 0.970 bits per heavy atom. The van der Waals surface area contributed by atoms with Crippen LogP contribution in [-0.4, -0.2) is 5.84 Å². The lowest BCUT2D eigenvalue weighted by atomic mass is 9.82. The Hall–Kier alpha value is -2.82. The van der Waals surface area contributed by atoms with Crippen molar-refractivity contribution in [3.63, 3.8) is 0 Å². The van der Waals surface area contributed by atoms with Crippen LogP contribution in [0.2, 0.25) is 10.0 Å². The number of fused-ring (bicyclic) bond motifs is 4. The third kappa shape index (κ3) is 3.19. The van der Waals surface area contributed by atoms with Crippen LogP contribution in [0.4, 0.5) is 11.4 Å². The Kier molecular flexibility index (Phi) is 4.97. The molecule has 0 saturated carbocycles. The number of anilines is 2. The topological polar surface area (TPSA) is 62.9 Å². The molecule has 3 aromatic rings. The van der Waals surface area contributed by atoms with Crippen LogP contribution in [0, 0.1) is 16.7 Å². The first-order valence-corrected chi connectivity index (χ1v) is 12.5. The average Bonchev–Trinajstić information content (AvgIpc) is 3.40. The quantitative estimate of drug-likeness (QED) is 0.353. The molecule has 0 saturated heterocycles. The SMILES string of the molecule is N#CC1=C2Sc3ccccc3N2C(=N)/C(=C2/Nc3ccccc3S2)C1c1ccc(Cl)cc1Cl. The molecule has 0 spiro atoms. The van der Waals surface area contributed by atoms with Crippen molar-refractivity contribution in [1.29, 1.82) is 10.7 Å². The second-order valence-corrected chi connectivity index (χ2v) is 10.6. The van der Waals surface area contributed by atoms with Gasteiger partial charge in [-0.25, -0.2) is 0 Å². The van der Waals surface area contributed by atoms with Crippen LogP contribution in [0.3, 0.4) is 0 Å². The summed E-state index contributed by atoms with van der Waals surface area (Å²) in [5.41, 5.74) is 3.94. The molecule has 8 heteroatoms. The van der Waals surface area contributed by atoms with Crippen LogP contribution in [0.25, 0.3) is 0 Å². The molecular formula is C25H14Cl2N4S2. The number of hydrogen-bond donors (Lipinski definition) is 2. The fourth-order valence-corrected chi connectivity index (χ4v) is 7.12. The minimum Gasteiger partial charge on any atom is -0.349 e. The Morgan fingerprint density at radius 3 is 2.48 bits per heavy atom. The Balaban J connectivity index is 1.63. The molecule has 1 unspecified atom stereocenters. The van der Waals surface area contributed by atoms with Gasteiger partial charge in [-0.1, -0.05) is 77.1 Å². The molecule has 0 amide bonds. The van der Waals surface area contributed by atoms with E-state index in [-0.39, 0.29) is 0 Å². The molecule has 3 heterocycles. The van der Waals surface area contributed by atoms with E-state index in [2.05, 4.69) is 11.4 Å². The molecule has 1 atom stereocenters. The van der Waals surface area contributed by atoms with Gasteiger partial charge in [-0.3, -0.25) is 10.3 Å². The van der Waals surface area contributed by atoms with Crippen molar-refractivity contribution in [3.05, 3.63) is 104 Å². The summed E-state index contributed by atoms with van der Waals surface area (Å²) in [6, 6.07) is 23.7. The van der Waals surface area contributed by atoms with Gasteiger partial charge in [0, 0.05) is 25.4 Å². The number of nitrogens with zero attached hydrogens (tertiary/aromatic N) is 2. The van der Waals surface area contributed by atoms with E-state index in [0.29, 0.717) is 21.5 Å². The lowest BCUT2D eigenvalue weighted by Crippen LogP contribution is -2.37. The molecule has 0 aromatic heterocycles. The van der Waals surface area contributed by atoms with E-state index < -0.39 is 5.92 Å². The van der Waals surface area contributed by atoms with Crippen molar-refractivity contribution in [2.45, 2.75) is 15.7 Å². The van der Waals surface area contributed by atoms with Gasteiger partial charge < -0.3 is 5.32 Å². The number of nitriles is 1. The van der Waals surface area contributed by atoms with Gasteiger partial charge in [0.15, 0.2) is 0 Å². The summed E-state index contributed by atoms with van der Waals surface area (Å²) >= 11 is 15.9. The molecule has 0 radical (unpaired) electrons. The van der Waals surface area contributed by atoms with Gasteiger partial charge in [-0.15, -0.1) is 0 Å². The average molecular weight is 505 g/mol. The molecule has 3 aliphatic rings. The Morgan fingerprint density at radius 2 is 1.73 bits per heavy atom. The molecule has 3 aromatic carbocycles. The molecule has 4 nitrogen and oxygen atoms in total. The first-order chi connectivity index (χ1) is 16.1. The van der Waals surface area contributed by atoms with Crippen molar-refractivity contribution in [2.75, 3.05) is 10.2 Å². The molecule has 160 valence electrons. The molecule has 0 bridgehead atoms. The fourth-order valence-electron chi connectivity index (χ4n) is 4.35. The highest BCUT2D eigenvalue weighted by atomic mass is 35.5. The van der Waals surface area contributed by atoms with Gasteiger partial charge in [0.1, 0.15) is 10.9 Å². The highest BCUT2D eigenvalue weighted by Crippen LogP contribution is 2.56. The van der Waals surface area contributed by atoms with E-state index in [1.807, 2.05) is 59.5 Å². The van der Waals surface area contributed by atoms with Crippen molar-refractivity contribution in [1.82, 2.24) is 0 Å². The molecular weight excluding hydrogens is 491 g/mol. The van der Waals surface area contributed by atoms with E-state index in [9.17, 15) is 10.7 Å². The third-order valence-electron chi connectivity index (χ3n) is 5.79. The fraction of sp³-hybridized carbons (Fsp3) is 0.0400. The van der Waals surface area contributed by atoms with Gasteiger partial charge in [0.25, 0.3) is 0 Å². The highest BCUT2D eigenvalue weighted by Gasteiger charge is 2.44. The molecule has 6 rings (SSSR count). The number of amidine groups is 1. The van der Waals surface area contributed by atoms with Crippen LogP contribution in [0.5, 0.6) is 0 Å². The van der Waals surface area contributed by atoms with Crippen LogP contribution in [0.15, 0.2) is 97.7 Å². The second kappa shape index (κ2) is 7.89. The number of allylic oxidation sites excluding steroid dienone is 1. The van der Waals surface area contributed by atoms with Gasteiger partial charge in [0.2, 0.25) is 0 Å². The first-order valence-electron chi connectivity index (χ1n) is 10.1. The van der Waals surface area contributed by atoms with Crippen molar-refractivity contribution in [2.24, 2.45) is 0 Å². The van der Waals surface area contributed by atoms with Crippen LogP contribution >= 0.6 is 46.7 Å². The zero-order valence-corrected chi connectivity index (χ0v) is 20.0. The summed E-state index contributed by atoms with van der Waals surface area (Å²) in [5.74, 6) is -0.162. The summed E-state index contributed by atoms with van der Waals surface area (Å²) in [6.45, 7) is 0. The van der Waals surface area contributed by atoms with Gasteiger partial charge in [-0.05, 0) is 42.0 Å². The van der Waals surface area contributed by atoms with Gasteiger partial charge in [-0.2, -0.15) is 5.26 Å². The normalized spacial score (nSPS) is 20.8. The van der Waals surface area contributed by atoms with E-state index >= 15 is 0 Å². The summed E-state index contributed by atoms with van der Waals surface area (Å²) in [5, 5.41) is 25.8. The molecule has 0 aliphatic carbocycles. The summed E-state index contributed by atoms with van der Waals surface area (Å²) in [6.07, 6.45) is 0.